The summed E-state index contributed by atoms with van der Waals surface area (Å²) in [6.45, 7) is 0.198. The number of para-hydroxylation sites is 1. The number of aromatic amines is 1. The Balaban J connectivity index is 2.05. The number of rotatable bonds is 4. The Morgan fingerprint density at radius 2 is 2.14 bits per heavy atom. The van der Waals surface area contributed by atoms with Crippen molar-refractivity contribution in [2.24, 2.45) is 0 Å². The van der Waals surface area contributed by atoms with Gasteiger partial charge in [0.2, 0.25) is 0 Å². The van der Waals surface area contributed by atoms with E-state index in [1.165, 1.54) is 12.4 Å². The zero-order valence-electron chi connectivity index (χ0n) is 10.7. The highest BCUT2D eigenvalue weighted by Crippen LogP contribution is 2.34. The van der Waals surface area contributed by atoms with E-state index in [1.54, 1.807) is 0 Å². The van der Waals surface area contributed by atoms with E-state index in [-0.39, 0.29) is 12.1 Å². The lowest BCUT2D eigenvalue weighted by atomic mass is 10.1. The van der Waals surface area contributed by atoms with Crippen LogP contribution in [0, 0.1) is 0 Å². The van der Waals surface area contributed by atoms with Crippen LogP contribution in [-0.4, -0.2) is 27.6 Å². The fourth-order valence-corrected chi connectivity index (χ4v) is 1.75. The average Bonchev–Trinajstić information content (AvgIpc) is 2.90. The minimum Gasteiger partial charge on any atom is -0.398 e. The number of nitrogens with one attached hydrogen (secondary N) is 2. The van der Waals surface area contributed by atoms with E-state index in [4.69, 9.17) is 5.73 Å². The van der Waals surface area contributed by atoms with Gasteiger partial charge in [0.25, 0.3) is 5.91 Å². The minimum atomic E-state index is -4.60. The molecule has 1 heterocycles. The number of anilines is 1. The Morgan fingerprint density at radius 3 is 2.76 bits per heavy atom. The van der Waals surface area contributed by atoms with Gasteiger partial charge in [-0.3, -0.25) is 9.89 Å². The number of hydrogen-bond acceptors (Lipinski definition) is 4. The number of halogens is 3. The molecule has 0 spiro atoms. The summed E-state index contributed by atoms with van der Waals surface area (Å²) in [4.78, 5) is 15.7. The molecule has 2 rings (SSSR count). The molecule has 21 heavy (non-hydrogen) atoms. The molecular weight excluding hydrogens is 287 g/mol. The Hall–Kier alpha value is -2.58. The van der Waals surface area contributed by atoms with Crippen molar-refractivity contribution < 1.29 is 18.0 Å². The van der Waals surface area contributed by atoms with Gasteiger partial charge in [-0.25, -0.2) is 4.98 Å². The van der Waals surface area contributed by atoms with E-state index in [2.05, 4.69) is 20.5 Å². The van der Waals surface area contributed by atoms with Crippen LogP contribution in [0.4, 0.5) is 18.9 Å². The molecule has 2 aromatic rings. The summed E-state index contributed by atoms with van der Waals surface area (Å²) in [5.41, 5.74) is 3.62. The topological polar surface area (TPSA) is 96.7 Å². The first-order valence-corrected chi connectivity index (χ1v) is 5.97. The van der Waals surface area contributed by atoms with Crippen LogP contribution in [0.15, 0.2) is 24.5 Å². The molecule has 0 atom stereocenters. The summed E-state index contributed by atoms with van der Waals surface area (Å²) in [5, 5.41) is 8.72. The molecule has 9 heteroatoms. The first kappa shape index (κ1) is 14.8. The molecule has 1 amide bonds. The molecule has 0 saturated heterocycles. The van der Waals surface area contributed by atoms with Gasteiger partial charge < -0.3 is 11.1 Å². The maximum atomic E-state index is 12.7. The molecule has 0 unspecified atom stereocenters. The van der Waals surface area contributed by atoms with E-state index in [0.29, 0.717) is 12.2 Å². The third-order valence-electron chi connectivity index (χ3n) is 2.77. The molecule has 6 nitrogen and oxygen atoms in total. The van der Waals surface area contributed by atoms with Crippen LogP contribution in [0.25, 0.3) is 0 Å². The number of nitrogen functional groups attached to an aromatic ring is 1. The molecule has 0 bridgehead atoms. The Bertz CT molecular complexity index is 624. The molecule has 0 fully saturated rings. The van der Waals surface area contributed by atoms with Crippen LogP contribution in [0.1, 0.15) is 21.7 Å². The van der Waals surface area contributed by atoms with Gasteiger partial charge in [0.15, 0.2) is 0 Å². The number of carbonyl (C=O) groups excluding carboxylic acids is 1. The van der Waals surface area contributed by atoms with Crippen molar-refractivity contribution in [3.8, 4) is 0 Å². The fourth-order valence-electron chi connectivity index (χ4n) is 1.75. The quantitative estimate of drug-likeness (QED) is 0.743. The van der Waals surface area contributed by atoms with Crippen LogP contribution >= 0.6 is 0 Å². The molecule has 1 aromatic carbocycles. The Morgan fingerprint density at radius 1 is 1.38 bits per heavy atom. The van der Waals surface area contributed by atoms with E-state index in [1.807, 2.05) is 0 Å². The predicted octanol–water partition coefficient (Wildman–Crippen LogP) is 1.38. The first-order valence-electron chi connectivity index (χ1n) is 5.97. The third kappa shape index (κ3) is 3.50. The zero-order chi connectivity index (χ0) is 15.5. The number of benzene rings is 1. The molecule has 0 radical (unpaired) electrons. The summed E-state index contributed by atoms with van der Waals surface area (Å²) in [7, 11) is 0. The number of nitrogens with two attached hydrogens (primary N) is 1. The van der Waals surface area contributed by atoms with Crippen molar-refractivity contribution in [1.29, 1.82) is 0 Å². The normalized spacial score (nSPS) is 11.4. The molecule has 0 saturated carbocycles. The van der Waals surface area contributed by atoms with Crippen LogP contribution in [0.2, 0.25) is 0 Å². The third-order valence-corrected chi connectivity index (χ3v) is 2.77. The van der Waals surface area contributed by atoms with Crippen LogP contribution < -0.4 is 11.1 Å². The lowest BCUT2D eigenvalue weighted by Gasteiger charge is -2.13. The first-order chi connectivity index (χ1) is 9.89. The van der Waals surface area contributed by atoms with E-state index < -0.39 is 23.3 Å². The zero-order valence-corrected chi connectivity index (χ0v) is 10.7. The van der Waals surface area contributed by atoms with Crippen molar-refractivity contribution in [3.05, 3.63) is 41.5 Å². The number of hydrogen-bond donors (Lipinski definition) is 3. The Kier molecular flexibility index (Phi) is 4.10. The summed E-state index contributed by atoms with van der Waals surface area (Å²) in [5.74, 6) is -0.106. The van der Waals surface area contributed by atoms with Gasteiger partial charge in [-0.15, -0.1) is 0 Å². The molecule has 0 aliphatic heterocycles. The largest absolute Gasteiger partial charge is 0.418 e. The summed E-state index contributed by atoms with van der Waals surface area (Å²) < 4.78 is 38.1. The number of nitrogens with zero attached hydrogens (tertiary/aromatic N) is 2. The SMILES string of the molecule is Nc1c(C(=O)NCCc2ncn[nH]2)cccc1C(F)(F)F. The van der Waals surface area contributed by atoms with Crippen molar-refractivity contribution in [3.63, 3.8) is 0 Å². The van der Waals surface area contributed by atoms with Gasteiger partial charge in [0, 0.05) is 13.0 Å². The second-order valence-corrected chi connectivity index (χ2v) is 4.20. The van der Waals surface area contributed by atoms with Gasteiger partial charge in [0.05, 0.1) is 16.8 Å². The maximum absolute atomic E-state index is 12.7. The van der Waals surface area contributed by atoms with Crippen LogP contribution in [-0.2, 0) is 12.6 Å². The second-order valence-electron chi connectivity index (χ2n) is 4.20. The van der Waals surface area contributed by atoms with Gasteiger partial charge >= 0.3 is 6.18 Å². The lowest BCUT2D eigenvalue weighted by molar-refractivity contribution is -0.136. The maximum Gasteiger partial charge on any atom is 0.418 e. The number of carbonyl (C=O) groups is 1. The molecular formula is C12H12F3N5O. The van der Waals surface area contributed by atoms with Crippen molar-refractivity contribution in [1.82, 2.24) is 20.5 Å². The molecule has 0 aliphatic rings. The van der Waals surface area contributed by atoms with Gasteiger partial charge in [-0.1, -0.05) is 6.07 Å². The number of amides is 1. The molecule has 0 aliphatic carbocycles. The lowest BCUT2D eigenvalue weighted by Crippen LogP contribution is -2.27. The number of H-pyrrole nitrogens is 1. The predicted molar refractivity (Wildman–Crippen MR) is 68.3 cm³/mol. The minimum absolute atomic E-state index is 0.198. The smallest absolute Gasteiger partial charge is 0.398 e. The molecule has 1 aromatic heterocycles. The van der Waals surface area contributed by atoms with Crippen LogP contribution in [0.3, 0.4) is 0 Å². The van der Waals surface area contributed by atoms with Crippen molar-refractivity contribution in [2.75, 3.05) is 12.3 Å². The van der Waals surface area contributed by atoms with Crippen molar-refractivity contribution in [2.45, 2.75) is 12.6 Å². The fraction of sp³-hybridized carbons (Fsp3) is 0.250. The van der Waals surface area contributed by atoms with Gasteiger partial charge in [-0.05, 0) is 12.1 Å². The summed E-state index contributed by atoms with van der Waals surface area (Å²) in [6.07, 6.45) is -2.90. The average molecular weight is 299 g/mol. The van der Waals surface area contributed by atoms with E-state index >= 15 is 0 Å². The van der Waals surface area contributed by atoms with Crippen LogP contribution in [0.5, 0.6) is 0 Å². The van der Waals surface area contributed by atoms with Gasteiger partial charge in [0.1, 0.15) is 12.2 Å². The molecule has 4 N–H and O–H groups in total. The van der Waals surface area contributed by atoms with E-state index in [0.717, 1.165) is 12.1 Å². The number of alkyl halides is 3. The highest BCUT2D eigenvalue weighted by atomic mass is 19.4. The Labute approximate surface area is 117 Å². The summed E-state index contributed by atoms with van der Waals surface area (Å²) in [6, 6.07) is 3.22. The number of aromatic nitrogens is 3. The standard InChI is InChI=1S/C12H12F3N5O/c13-12(14,15)8-3-1-2-7(10(8)16)11(21)17-5-4-9-18-6-19-20-9/h1-3,6H,4-5,16H2,(H,17,21)(H,18,19,20). The monoisotopic (exact) mass is 299 g/mol. The van der Waals surface area contributed by atoms with Crippen molar-refractivity contribution >= 4 is 11.6 Å². The van der Waals surface area contributed by atoms with E-state index in [9.17, 15) is 18.0 Å². The van der Waals surface area contributed by atoms with Gasteiger partial charge in [-0.2, -0.15) is 18.3 Å². The highest BCUT2D eigenvalue weighted by Gasteiger charge is 2.34. The highest BCUT2D eigenvalue weighted by molar-refractivity contribution is 5.99. The summed E-state index contributed by atoms with van der Waals surface area (Å²) >= 11 is 0. The second kappa shape index (κ2) is 5.81. The molecule has 112 valence electrons.